The van der Waals surface area contributed by atoms with Gasteiger partial charge in [0.25, 0.3) is 0 Å². The molecule has 1 rings (SSSR count). The second-order valence-electron chi connectivity index (χ2n) is 3.04. The summed E-state index contributed by atoms with van der Waals surface area (Å²) in [4.78, 5) is 11.0. The van der Waals surface area contributed by atoms with Crippen LogP contribution in [-0.4, -0.2) is 24.4 Å². The molecular formula is C10H12ClNO3S. The molecule has 6 heteroatoms. The van der Waals surface area contributed by atoms with Gasteiger partial charge in [0.05, 0.1) is 9.82 Å². The van der Waals surface area contributed by atoms with Crippen molar-refractivity contribution in [3.05, 3.63) is 33.3 Å². The average molecular weight is 262 g/mol. The molecule has 1 aromatic rings. The predicted octanol–water partition coefficient (Wildman–Crippen LogP) is 3.38. The van der Waals surface area contributed by atoms with Gasteiger partial charge in [-0.15, -0.1) is 11.8 Å². The molecule has 0 fully saturated rings. The zero-order valence-corrected chi connectivity index (χ0v) is 10.4. The lowest BCUT2D eigenvalue weighted by atomic mass is 10.3. The van der Waals surface area contributed by atoms with E-state index in [0.717, 1.165) is 12.2 Å². The van der Waals surface area contributed by atoms with Crippen LogP contribution < -0.4 is 0 Å². The Hall–Kier alpha value is -0.780. The van der Waals surface area contributed by atoms with Crippen LogP contribution in [0.2, 0.25) is 5.02 Å². The summed E-state index contributed by atoms with van der Waals surface area (Å²) in [6.07, 6.45) is 0.852. The van der Waals surface area contributed by atoms with Gasteiger partial charge in [-0.2, -0.15) is 0 Å². The number of nitro benzene ring substituents is 1. The Morgan fingerprint density at radius 3 is 2.94 bits per heavy atom. The third-order valence-corrected chi connectivity index (χ3v) is 3.32. The van der Waals surface area contributed by atoms with E-state index in [9.17, 15) is 10.1 Å². The monoisotopic (exact) mass is 261 g/mol. The number of hydrogen-bond acceptors (Lipinski definition) is 4. The van der Waals surface area contributed by atoms with Gasteiger partial charge in [-0.1, -0.05) is 17.7 Å². The number of nitro groups is 1. The normalized spacial score (nSPS) is 10.4. The summed E-state index contributed by atoms with van der Waals surface area (Å²) in [5.74, 6) is 0.773. The summed E-state index contributed by atoms with van der Waals surface area (Å²) < 4.78 is 4.91. The van der Waals surface area contributed by atoms with E-state index in [0.29, 0.717) is 11.5 Å². The average Bonchev–Trinajstić information content (AvgIpc) is 2.24. The van der Waals surface area contributed by atoms with Crippen LogP contribution in [-0.2, 0) is 4.74 Å². The summed E-state index contributed by atoms with van der Waals surface area (Å²) in [7, 11) is 1.63. The molecule has 0 atom stereocenters. The molecule has 0 unspecified atom stereocenters. The number of nitrogens with zero attached hydrogens (tertiary/aromatic N) is 1. The molecule has 0 amide bonds. The fourth-order valence-corrected chi connectivity index (χ4v) is 2.45. The Balaban J connectivity index is 2.71. The fraction of sp³-hybridized carbons (Fsp3) is 0.400. The molecule has 0 aliphatic heterocycles. The van der Waals surface area contributed by atoms with Crippen LogP contribution in [0.3, 0.4) is 0 Å². The highest BCUT2D eigenvalue weighted by Crippen LogP contribution is 2.35. The molecule has 4 nitrogen and oxygen atoms in total. The van der Waals surface area contributed by atoms with Crippen molar-refractivity contribution in [1.29, 1.82) is 0 Å². The smallest absolute Gasteiger partial charge is 0.301 e. The number of rotatable bonds is 6. The molecule has 0 saturated carbocycles. The molecule has 0 aromatic heterocycles. The Labute approximate surface area is 103 Å². The first-order chi connectivity index (χ1) is 7.66. The van der Waals surface area contributed by atoms with Crippen LogP contribution in [0.4, 0.5) is 5.69 Å². The van der Waals surface area contributed by atoms with E-state index in [-0.39, 0.29) is 10.7 Å². The third kappa shape index (κ3) is 3.66. The minimum absolute atomic E-state index is 0.00779. The van der Waals surface area contributed by atoms with E-state index in [1.54, 1.807) is 19.2 Å². The van der Waals surface area contributed by atoms with Gasteiger partial charge in [-0.05, 0) is 18.6 Å². The molecule has 0 heterocycles. The van der Waals surface area contributed by atoms with Gasteiger partial charge in [0, 0.05) is 19.5 Å². The second kappa shape index (κ2) is 6.73. The Morgan fingerprint density at radius 2 is 2.31 bits per heavy atom. The van der Waals surface area contributed by atoms with Crippen LogP contribution in [0.1, 0.15) is 6.42 Å². The molecule has 88 valence electrons. The second-order valence-corrected chi connectivity index (χ2v) is 4.58. The number of ether oxygens (including phenoxy) is 1. The summed E-state index contributed by atoms with van der Waals surface area (Å²) in [6, 6.07) is 4.95. The molecule has 0 aliphatic carbocycles. The van der Waals surface area contributed by atoms with Gasteiger partial charge < -0.3 is 4.74 Å². The lowest BCUT2D eigenvalue weighted by Gasteiger charge is -2.03. The number of benzene rings is 1. The lowest BCUT2D eigenvalue weighted by molar-refractivity contribution is -0.387. The minimum atomic E-state index is -0.443. The first-order valence-electron chi connectivity index (χ1n) is 4.71. The van der Waals surface area contributed by atoms with Gasteiger partial charge in [0.2, 0.25) is 0 Å². The van der Waals surface area contributed by atoms with Gasteiger partial charge >= 0.3 is 5.69 Å². The summed E-state index contributed by atoms with van der Waals surface area (Å²) in [5, 5.41) is 11.0. The van der Waals surface area contributed by atoms with E-state index in [1.807, 2.05) is 0 Å². The SMILES string of the molecule is COCCCSc1cccc(Cl)c1[N+](=O)[O-]. The van der Waals surface area contributed by atoms with E-state index in [4.69, 9.17) is 16.3 Å². The molecule has 16 heavy (non-hydrogen) atoms. The number of para-hydroxylation sites is 1. The third-order valence-electron chi connectivity index (χ3n) is 1.88. The van der Waals surface area contributed by atoms with Crippen LogP contribution in [0.5, 0.6) is 0 Å². The van der Waals surface area contributed by atoms with Crippen LogP contribution in [0, 0.1) is 10.1 Å². The number of hydrogen-bond donors (Lipinski definition) is 0. The van der Waals surface area contributed by atoms with Crippen molar-refractivity contribution in [3.8, 4) is 0 Å². The van der Waals surface area contributed by atoms with Crippen molar-refractivity contribution >= 4 is 29.1 Å². The summed E-state index contributed by atoms with van der Waals surface area (Å²) in [6.45, 7) is 0.654. The fourth-order valence-electron chi connectivity index (χ4n) is 1.17. The van der Waals surface area contributed by atoms with Crippen molar-refractivity contribution < 1.29 is 9.66 Å². The molecular weight excluding hydrogens is 250 g/mol. The summed E-state index contributed by atoms with van der Waals surface area (Å²) in [5.41, 5.74) is -0.00779. The molecule has 0 aliphatic rings. The standard InChI is InChI=1S/C10H12ClNO3S/c1-15-6-3-7-16-9-5-2-4-8(11)10(9)12(13)14/h2,4-5H,3,6-7H2,1H3. The highest BCUT2D eigenvalue weighted by atomic mass is 35.5. The molecule has 0 spiro atoms. The maximum Gasteiger partial charge on any atom is 0.301 e. The number of methoxy groups -OCH3 is 1. The van der Waals surface area contributed by atoms with Gasteiger partial charge in [0.1, 0.15) is 5.02 Å². The molecule has 0 bridgehead atoms. The predicted molar refractivity (Wildman–Crippen MR) is 65.3 cm³/mol. The van der Waals surface area contributed by atoms with Crippen LogP contribution >= 0.6 is 23.4 Å². The van der Waals surface area contributed by atoms with Crippen molar-refractivity contribution in [2.45, 2.75) is 11.3 Å². The molecule has 0 radical (unpaired) electrons. The maximum atomic E-state index is 10.8. The van der Waals surface area contributed by atoms with E-state index < -0.39 is 4.92 Å². The Bertz CT molecular complexity index is 373. The highest BCUT2D eigenvalue weighted by Gasteiger charge is 2.18. The topological polar surface area (TPSA) is 52.4 Å². The van der Waals surface area contributed by atoms with Gasteiger partial charge in [0.15, 0.2) is 0 Å². The zero-order valence-electron chi connectivity index (χ0n) is 8.81. The van der Waals surface area contributed by atoms with E-state index in [2.05, 4.69) is 0 Å². The maximum absolute atomic E-state index is 10.8. The minimum Gasteiger partial charge on any atom is -0.385 e. The Morgan fingerprint density at radius 1 is 1.56 bits per heavy atom. The van der Waals surface area contributed by atoms with Crippen LogP contribution in [0.15, 0.2) is 23.1 Å². The van der Waals surface area contributed by atoms with Crippen LogP contribution in [0.25, 0.3) is 0 Å². The molecule has 1 aromatic carbocycles. The highest BCUT2D eigenvalue weighted by molar-refractivity contribution is 7.99. The summed E-state index contributed by atoms with van der Waals surface area (Å²) >= 11 is 7.21. The van der Waals surface area contributed by atoms with Gasteiger partial charge in [-0.3, -0.25) is 10.1 Å². The first kappa shape index (κ1) is 13.3. The van der Waals surface area contributed by atoms with E-state index >= 15 is 0 Å². The Kier molecular flexibility index (Phi) is 5.59. The van der Waals surface area contributed by atoms with Crippen molar-refractivity contribution in [1.82, 2.24) is 0 Å². The van der Waals surface area contributed by atoms with Gasteiger partial charge in [-0.25, -0.2) is 0 Å². The zero-order chi connectivity index (χ0) is 12.0. The number of halogens is 1. The number of thioether (sulfide) groups is 1. The molecule has 0 N–H and O–H groups in total. The van der Waals surface area contributed by atoms with Crippen molar-refractivity contribution in [2.75, 3.05) is 19.5 Å². The lowest BCUT2D eigenvalue weighted by Crippen LogP contribution is -1.94. The first-order valence-corrected chi connectivity index (χ1v) is 6.08. The van der Waals surface area contributed by atoms with Crippen molar-refractivity contribution in [3.63, 3.8) is 0 Å². The molecule has 0 saturated heterocycles. The van der Waals surface area contributed by atoms with E-state index in [1.165, 1.54) is 17.8 Å². The quantitative estimate of drug-likeness (QED) is 0.341. The largest absolute Gasteiger partial charge is 0.385 e. The van der Waals surface area contributed by atoms with Crippen molar-refractivity contribution in [2.24, 2.45) is 0 Å².